The van der Waals surface area contributed by atoms with Crippen LogP contribution in [0.25, 0.3) is 0 Å². The topological polar surface area (TPSA) is 99.6 Å². The van der Waals surface area contributed by atoms with E-state index in [4.69, 9.17) is 5.11 Å². The lowest BCUT2D eigenvalue weighted by Crippen LogP contribution is -2.55. The monoisotopic (exact) mass is 263 g/mol. The molecule has 0 bridgehead atoms. The first-order valence-corrected chi connectivity index (χ1v) is 5.78. The second-order valence-electron chi connectivity index (χ2n) is 4.20. The highest BCUT2D eigenvalue weighted by molar-refractivity contribution is 5.98. The van der Waals surface area contributed by atoms with Crippen molar-refractivity contribution in [2.75, 3.05) is 13.1 Å². The van der Waals surface area contributed by atoms with Gasteiger partial charge in [-0.3, -0.25) is 9.59 Å². The van der Waals surface area contributed by atoms with E-state index in [0.717, 1.165) is 0 Å². The molecule has 1 atom stereocenters. The van der Waals surface area contributed by atoms with Crippen LogP contribution >= 0.6 is 0 Å². The summed E-state index contributed by atoms with van der Waals surface area (Å²) in [5, 5.41) is 11.4. The van der Waals surface area contributed by atoms with Gasteiger partial charge in [0.15, 0.2) is 0 Å². The van der Waals surface area contributed by atoms with Crippen LogP contribution in [0, 0.1) is 0 Å². The summed E-state index contributed by atoms with van der Waals surface area (Å²) < 4.78 is 0. The van der Waals surface area contributed by atoms with Gasteiger partial charge < -0.3 is 15.3 Å². The van der Waals surface area contributed by atoms with E-state index in [1.165, 1.54) is 23.2 Å². The van der Waals surface area contributed by atoms with Crippen LogP contribution < -0.4 is 5.32 Å². The third-order valence-corrected chi connectivity index (χ3v) is 2.99. The zero-order valence-corrected chi connectivity index (χ0v) is 10.3. The Labute approximate surface area is 109 Å². The van der Waals surface area contributed by atoms with Gasteiger partial charge in [-0.25, -0.2) is 9.78 Å². The van der Waals surface area contributed by atoms with Gasteiger partial charge in [0.25, 0.3) is 5.91 Å². The van der Waals surface area contributed by atoms with E-state index in [1.807, 2.05) is 0 Å². The number of piperazine rings is 1. The zero-order valence-electron chi connectivity index (χ0n) is 10.3. The van der Waals surface area contributed by atoms with Crippen molar-refractivity contribution in [3.05, 3.63) is 29.6 Å². The molecule has 1 aliphatic rings. The highest BCUT2D eigenvalue weighted by Gasteiger charge is 2.29. The molecular formula is C12H13N3O4. The fourth-order valence-corrected chi connectivity index (χ4v) is 1.87. The van der Waals surface area contributed by atoms with E-state index >= 15 is 0 Å². The lowest BCUT2D eigenvalue weighted by atomic mass is 10.1. The number of carbonyl (C=O) groups is 3. The van der Waals surface area contributed by atoms with Gasteiger partial charge in [-0.05, 0) is 19.1 Å². The smallest absolute Gasteiger partial charge is 0.354 e. The summed E-state index contributed by atoms with van der Waals surface area (Å²) in [6, 6.07) is 2.13. The summed E-state index contributed by atoms with van der Waals surface area (Å²) in [6.07, 6.45) is 1.21. The lowest BCUT2D eigenvalue weighted by molar-refractivity contribution is -0.127. The molecule has 2 amide bonds. The molecule has 2 rings (SSSR count). The first-order chi connectivity index (χ1) is 9.00. The maximum atomic E-state index is 12.2. The average Bonchev–Trinajstić information content (AvgIpc) is 2.41. The van der Waals surface area contributed by atoms with Crippen molar-refractivity contribution in [2.24, 2.45) is 0 Å². The normalized spacial score (nSPS) is 18.9. The molecule has 0 radical (unpaired) electrons. The highest BCUT2D eigenvalue weighted by Crippen LogP contribution is 2.11. The maximum Gasteiger partial charge on any atom is 0.354 e. The van der Waals surface area contributed by atoms with Gasteiger partial charge in [-0.1, -0.05) is 0 Å². The molecule has 0 aromatic carbocycles. The molecule has 2 heterocycles. The number of carbonyl (C=O) groups excluding carboxylic acids is 2. The molecular weight excluding hydrogens is 250 g/mol. The van der Waals surface area contributed by atoms with Crippen LogP contribution in [-0.2, 0) is 4.79 Å². The van der Waals surface area contributed by atoms with E-state index < -0.39 is 12.0 Å². The van der Waals surface area contributed by atoms with Crippen LogP contribution in [0.2, 0.25) is 0 Å². The van der Waals surface area contributed by atoms with Crippen LogP contribution in [0.5, 0.6) is 0 Å². The Morgan fingerprint density at radius 2 is 2.21 bits per heavy atom. The Morgan fingerprint density at radius 3 is 2.79 bits per heavy atom. The van der Waals surface area contributed by atoms with Crippen molar-refractivity contribution in [2.45, 2.75) is 13.0 Å². The molecule has 100 valence electrons. The minimum Gasteiger partial charge on any atom is -0.477 e. The molecule has 1 fully saturated rings. The predicted molar refractivity (Wildman–Crippen MR) is 64.7 cm³/mol. The van der Waals surface area contributed by atoms with E-state index in [2.05, 4.69) is 10.3 Å². The summed E-state index contributed by atoms with van der Waals surface area (Å²) in [6.45, 7) is 2.48. The molecule has 1 saturated heterocycles. The van der Waals surface area contributed by atoms with Crippen molar-refractivity contribution < 1.29 is 19.5 Å². The molecule has 1 aromatic heterocycles. The third kappa shape index (κ3) is 2.54. The van der Waals surface area contributed by atoms with E-state index in [9.17, 15) is 14.4 Å². The van der Waals surface area contributed by atoms with Crippen LogP contribution in [0.1, 0.15) is 27.8 Å². The van der Waals surface area contributed by atoms with Crippen molar-refractivity contribution in [1.29, 1.82) is 0 Å². The Kier molecular flexibility index (Phi) is 3.46. The van der Waals surface area contributed by atoms with Crippen molar-refractivity contribution >= 4 is 17.8 Å². The number of aromatic nitrogens is 1. The average molecular weight is 263 g/mol. The van der Waals surface area contributed by atoms with Crippen LogP contribution in [0.3, 0.4) is 0 Å². The van der Waals surface area contributed by atoms with Gasteiger partial charge in [0.2, 0.25) is 5.91 Å². The van der Waals surface area contributed by atoms with E-state index in [1.54, 1.807) is 6.92 Å². The fraction of sp³-hybridized carbons (Fsp3) is 0.333. The van der Waals surface area contributed by atoms with Crippen molar-refractivity contribution in [1.82, 2.24) is 15.2 Å². The number of carboxylic acids is 1. The fourth-order valence-electron chi connectivity index (χ4n) is 1.87. The number of hydrogen-bond acceptors (Lipinski definition) is 4. The molecule has 19 heavy (non-hydrogen) atoms. The number of pyridine rings is 1. The number of aromatic carboxylic acids is 1. The largest absolute Gasteiger partial charge is 0.477 e. The van der Waals surface area contributed by atoms with Gasteiger partial charge in [0.05, 0.1) is 5.56 Å². The number of nitrogens with one attached hydrogen (secondary N) is 1. The SMILES string of the molecule is CC1C(=O)NCCN1C(=O)c1ccc(C(=O)O)nc1. The summed E-state index contributed by atoms with van der Waals surface area (Å²) in [5.41, 5.74) is 0.146. The number of hydrogen-bond donors (Lipinski definition) is 2. The van der Waals surface area contributed by atoms with E-state index in [0.29, 0.717) is 13.1 Å². The molecule has 0 spiro atoms. The molecule has 1 aliphatic heterocycles. The van der Waals surface area contributed by atoms with E-state index in [-0.39, 0.29) is 23.1 Å². The number of nitrogens with zero attached hydrogens (tertiary/aromatic N) is 2. The molecule has 0 saturated carbocycles. The maximum absolute atomic E-state index is 12.2. The summed E-state index contributed by atoms with van der Waals surface area (Å²) >= 11 is 0. The summed E-state index contributed by atoms with van der Waals surface area (Å²) in [4.78, 5) is 39.5. The molecule has 7 nitrogen and oxygen atoms in total. The summed E-state index contributed by atoms with van der Waals surface area (Å²) in [5.74, 6) is -1.67. The minimum absolute atomic E-state index is 0.124. The number of amides is 2. The third-order valence-electron chi connectivity index (χ3n) is 2.99. The van der Waals surface area contributed by atoms with Crippen LogP contribution in [-0.4, -0.2) is 51.9 Å². The van der Waals surface area contributed by atoms with Gasteiger partial charge in [-0.15, -0.1) is 0 Å². The predicted octanol–water partition coefficient (Wildman–Crippen LogP) is -0.260. The molecule has 1 aromatic rings. The second-order valence-corrected chi connectivity index (χ2v) is 4.20. The van der Waals surface area contributed by atoms with Crippen LogP contribution in [0.4, 0.5) is 0 Å². The molecule has 7 heteroatoms. The van der Waals surface area contributed by atoms with Gasteiger partial charge >= 0.3 is 5.97 Å². The van der Waals surface area contributed by atoms with Crippen LogP contribution in [0.15, 0.2) is 18.3 Å². The minimum atomic E-state index is -1.15. The second kappa shape index (κ2) is 5.05. The van der Waals surface area contributed by atoms with Crippen molar-refractivity contribution in [3.63, 3.8) is 0 Å². The molecule has 1 unspecified atom stereocenters. The first kappa shape index (κ1) is 13.0. The lowest BCUT2D eigenvalue weighted by Gasteiger charge is -2.32. The Balaban J connectivity index is 2.19. The molecule has 2 N–H and O–H groups in total. The van der Waals surface area contributed by atoms with Crippen molar-refractivity contribution in [3.8, 4) is 0 Å². The number of rotatable bonds is 2. The Hall–Kier alpha value is -2.44. The first-order valence-electron chi connectivity index (χ1n) is 5.78. The Bertz CT molecular complexity index is 526. The number of carboxylic acid groups (broad SMARTS) is 1. The Morgan fingerprint density at radius 1 is 1.47 bits per heavy atom. The zero-order chi connectivity index (χ0) is 14.0. The summed E-state index contributed by atoms with van der Waals surface area (Å²) in [7, 11) is 0. The highest BCUT2D eigenvalue weighted by atomic mass is 16.4. The van der Waals surface area contributed by atoms with Gasteiger partial charge in [0.1, 0.15) is 11.7 Å². The van der Waals surface area contributed by atoms with Gasteiger partial charge in [0, 0.05) is 19.3 Å². The quantitative estimate of drug-likeness (QED) is 0.765. The standard InChI is InChI=1S/C12H13N3O4/c1-7-10(16)13-4-5-15(7)11(17)8-2-3-9(12(18)19)14-6-8/h2-3,6-7H,4-5H2,1H3,(H,13,16)(H,18,19). The molecule has 0 aliphatic carbocycles. The van der Waals surface area contributed by atoms with Gasteiger partial charge in [-0.2, -0.15) is 0 Å².